The molecule has 0 heterocycles. The van der Waals surface area contributed by atoms with Crippen LogP contribution in [0.25, 0.3) is 0 Å². The van der Waals surface area contributed by atoms with Crippen LogP contribution >= 0.6 is 0 Å². The molecule has 0 aromatic heterocycles. The lowest BCUT2D eigenvalue weighted by molar-refractivity contribution is -0.266. The lowest BCUT2D eigenvalue weighted by Crippen LogP contribution is -2.68. The molecule has 5 rings (SSSR count). The fraction of sp³-hybridized carbons (Fsp3) is 0.933. The first kappa shape index (κ1) is 24.3. The van der Waals surface area contributed by atoms with Gasteiger partial charge >= 0.3 is 0 Å². The van der Waals surface area contributed by atoms with E-state index in [0.717, 1.165) is 32.1 Å². The number of fused-ring (bicyclic) bond motifs is 7. The molecule has 5 fully saturated rings. The van der Waals surface area contributed by atoms with E-state index in [1.165, 1.54) is 31.3 Å². The Balaban J connectivity index is 1.58. The van der Waals surface area contributed by atoms with E-state index >= 15 is 0 Å². The van der Waals surface area contributed by atoms with Crippen molar-refractivity contribution in [2.24, 2.45) is 56.7 Å². The van der Waals surface area contributed by atoms with Crippen molar-refractivity contribution in [1.82, 2.24) is 0 Å². The highest BCUT2D eigenvalue weighted by Crippen LogP contribution is 2.77. The first-order chi connectivity index (χ1) is 15.3. The van der Waals surface area contributed by atoms with E-state index in [-0.39, 0.29) is 39.8 Å². The van der Waals surface area contributed by atoms with Crippen LogP contribution in [0, 0.1) is 56.7 Å². The molecule has 0 amide bonds. The van der Waals surface area contributed by atoms with Crippen LogP contribution in [-0.4, -0.2) is 34.1 Å². The molecule has 0 bridgehead atoms. The standard InChI is InChI=1S/C30H50O3/c1-18(2)19-10-15-30(17-31)24(33)16-29(7)20(25(19)30)8-9-22-27(5)13-12-23(32)26(3,4)21(27)11-14-28(22,29)6/h19-25,31-33H,1,8-17H2,2-7H3/t19-,20+,21-,22+,23-,24-,25+,27-,28+,29+,30-/m0/s1. The highest BCUT2D eigenvalue weighted by Gasteiger charge is 2.72. The number of hydrogen-bond acceptors (Lipinski definition) is 3. The molecule has 0 aromatic carbocycles. The smallest absolute Gasteiger partial charge is 0.0626 e. The summed E-state index contributed by atoms with van der Waals surface area (Å²) in [6.45, 7) is 18.9. The molecule has 0 spiro atoms. The molecule has 3 nitrogen and oxygen atoms in total. The molecule has 188 valence electrons. The van der Waals surface area contributed by atoms with E-state index in [2.05, 4.69) is 48.1 Å². The Labute approximate surface area is 202 Å². The molecule has 33 heavy (non-hydrogen) atoms. The van der Waals surface area contributed by atoms with Crippen LogP contribution in [0.4, 0.5) is 0 Å². The largest absolute Gasteiger partial charge is 0.396 e. The lowest BCUT2D eigenvalue weighted by Gasteiger charge is -2.73. The summed E-state index contributed by atoms with van der Waals surface area (Å²) in [5.74, 6) is 2.51. The third-order valence-electron chi connectivity index (χ3n) is 13.6. The lowest BCUT2D eigenvalue weighted by atomic mass is 9.32. The minimum atomic E-state index is -0.427. The minimum Gasteiger partial charge on any atom is -0.396 e. The van der Waals surface area contributed by atoms with Gasteiger partial charge in [0.25, 0.3) is 0 Å². The quantitative estimate of drug-likeness (QED) is 0.447. The summed E-state index contributed by atoms with van der Waals surface area (Å²) >= 11 is 0. The molecule has 0 unspecified atom stereocenters. The predicted octanol–water partition coefficient (Wildman–Crippen LogP) is 5.97. The van der Waals surface area contributed by atoms with E-state index in [4.69, 9.17) is 0 Å². The Bertz CT molecular complexity index is 819. The number of aliphatic hydroxyl groups is 3. The molecule has 11 atom stereocenters. The summed E-state index contributed by atoms with van der Waals surface area (Å²) in [4.78, 5) is 0. The van der Waals surface area contributed by atoms with Crippen molar-refractivity contribution in [2.75, 3.05) is 6.61 Å². The molecule has 3 N–H and O–H groups in total. The summed E-state index contributed by atoms with van der Waals surface area (Å²) in [7, 11) is 0. The van der Waals surface area contributed by atoms with Gasteiger partial charge in [-0.15, -0.1) is 0 Å². The Hall–Kier alpha value is -0.380. The first-order valence-corrected chi connectivity index (χ1v) is 13.9. The average Bonchev–Trinajstić information content (AvgIpc) is 3.13. The van der Waals surface area contributed by atoms with Gasteiger partial charge in [0, 0.05) is 5.41 Å². The van der Waals surface area contributed by atoms with Crippen LogP contribution < -0.4 is 0 Å². The van der Waals surface area contributed by atoms with Gasteiger partial charge < -0.3 is 15.3 Å². The van der Waals surface area contributed by atoms with Gasteiger partial charge in [-0.3, -0.25) is 0 Å². The molecule has 5 saturated carbocycles. The highest BCUT2D eigenvalue weighted by atomic mass is 16.3. The van der Waals surface area contributed by atoms with Crippen LogP contribution in [0.3, 0.4) is 0 Å². The number of allylic oxidation sites excluding steroid dienone is 1. The minimum absolute atomic E-state index is 0.0271. The topological polar surface area (TPSA) is 60.7 Å². The molecule has 5 aliphatic rings. The number of hydrogen-bond donors (Lipinski definition) is 3. The summed E-state index contributed by atoms with van der Waals surface area (Å²) in [5, 5.41) is 33.3. The Kier molecular flexibility index (Phi) is 5.40. The second kappa shape index (κ2) is 7.32. The second-order valence-electron chi connectivity index (χ2n) is 14.7. The van der Waals surface area contributed by atoms with Crippen molar-refractivity contribution >= 4 is 0 Å². The van der Waals surface area contributed by atoms with Gasteiger partial charge in [-0.25, -0.2) is 0 Å². The van der Waals surface area contributed by atoms with Crippen LogP contribution in [0.2, 0.25) is 0 Å². The maximum Gasteiger partial charge on any atom is 0.0626 e. The predicted molar refractivity (Wildman–Crippen MR) is 133 cm³/mol. The van der Waals surface area contributed by atoms with Crippen LogP contribution in [0.15, 0.2) is 12.2 Å². The van der Waals surface area contributed by atoms with Gasteiger partial charge in [0.15, 0.2) is 0 Å². The van der Waals surface area contributed by atoms with Crippen molar-refractivity contribution in [3.8, 4) is 0 Å². The fourth-order valence-corrected chi connectivity index (χ4v) is 11.6. The summed E-state index contributed by atoms with van der Waals surface area (Å²) in [6, 6.07) is 0. The van der Waals surface area contributed by atoms with Crippen LogP contribution in [0.5, 0.6) is 0 Å². The zero-order valence-electron chi connectivity index (χ0n) is 22.2. The summed E-state index contributed by atoms with van der Waals surface area (Å²) in [6.07, 6.45) is 9.12. The van der Waals surface area contributed by atoms with Crippen LogP contribution in [-0.2, 0) is 0 Å². The Morgan fingerprint density at radius 1 is 0.818 bits per heavy atom. The van der Waals surface area contributed by atoms with Gasteiger partial charge in [0.1, 0.15) is 0 Å². The van der Waals surface area contributed by atoms with E-state index < -0.39 is 6.10 Å². The van der Waals surface area contributed by atoms with E-state index in [1.807, 2.05) is 0 Å². The third-order valence-corrected chi connectivity index (χ3v) is 13.6. The van der Waals surface area contributed by atoms with Gasteiger partial charge in [-0.1, -0.05) is 46.8 Å². The molecular formula is C30H50O3. The molecule has 5 aliphatic carbocycles. The maximum absolute atomic E-state index is 11.7. The van der Waals surface area contributed by atoms with Crippen molar-refractivity contribution in [3.05, 3.63) is 12.2 Å². The van der Waals surface area contributed by atoms with Crippen molar-refractivity contribution in [1.29, 1.82) is 0 Å². The zero-order chi connectivity index (χ0) is 24.2. The van der Waals surface area contributed by atoms with E-state index in [0.29, 0.717) is 29.6 Å². The Morgan fingerprint density at radius 2 is 1.52 bits per heavy atom. The summed E-state index contributed by atoms with van der Waals surface area (Å²) < 4.78 is 0. The summed E-state index contributed by atoms with van der Waals surface area (Å²) in [5.41, 5.74) is 1.40. The van der Waals surface area contributed by atoms with E-state index in [1.54, 1.807) is 0 Å². The highest BCUT2D eigenvalue weighted by molar-refractivity contribution is 5.23. The van der Waals surface area contributed by atoms with Gasteiger partial charge in [-0.2, -0.15) is 0 Å². The molecule has 0 aliphatic heterocycles. The number of aliphatic hydroxyl groups excluding tert-OH is 3. The van der Waals surface area contributed by atoms with Crippen LogP contribution in [0.1, 0.15) is 99.3 Å². The molecule has 0 radical (unpaired) electrons. The van der Waals surface area contributed by atoms with Crippen molar-refractivity contribution in [3.63, 3.8) is 0 Å². The molecule has 0 aromatic rings. The average molecular weight is 459 g/mol. The van der Waals surface area contributed by atoms with Gasteiger partial charge in [0.05, 0.1) is 18.8 Å². The fourth-order valence-electron chi connectivity index (χ4n) is 11.6. The van der Waals surface area contributed by atoms with Gasteiger partial charge in [-0.05, 0) is 116 Å². The van der Waals surface area contributed by atoms with Crippen molar-refractivity contribution in [2.45, 2.75) is 112 Å². The maximum atomic E-state index is 11.7. The second-order valence-corrected chi connectivity index (χ2v) is 14.7. The molecule has 0 saturated heterocycles. The normalized spacial score (nSPS) is 57.4. The van der Waals surface area contributed by atoms with Crippen molar-refractivity contribution < 1.29 is 15.3 Å². The zero-order valence-corrected chi connectivity index (χ0v) is 22.2. The Morgan fingerprint density at radius 3 is 2.15 bits per heavy atom. The SMILES string of the molecule is C=C(C)[C@@H]1CC[C@@]2(CO)[C@H]1[C@H]1CC[C@@H]3[C@@]4(C)CC[C@H](O)C(C)(C)[C@@H]4CC[C@@]3(C)[C@]1(C)C[C@@H]2O. The third kappa shape index (κ3) is 2.80. The molecular weight excluding hydrogens is 408 g/mol. The molecule has 3 heteroatoms. The first-order valence-electron chi connectivity index (χ1n) is 13.9. The number of rotatable bonds is 2. The van der Waals surface area contributed by atoms with Gasteiger partial charge in [0.2, 0.25) is 0 Å². The monoisotopic (exact) mass is 458 g/mol. The van der Waals surface area contributed by atoms with E-state index in [9.17, 15) is 15.3 Å².